The molecular weight excluding hydrogens is 500 g/mol. The van der Waals surface area contributed by atoms with Crippen molar-refractivity contribution >= 4 is 57.1 Å². The van der Waals surface area contributed by atoms with Gasteiger partial charge in [-0.15, -0.1) is 0 Å². The molecule has 7 nitrogen and oxygen atoms in total. The average Bonchev–Trinajstić information content (AvgIpc) is 2.73. The Labute approximate surface area is 199 Å². The van der Waals surface area contributed by atoms with Crippen LogP contribution in [0.2, 0.25) is 5.02 Å². The smallest absolute Gasteiger partial charge is 0.335 e. The predicted octanol–water partition coefficient (Wildman–Crippen LogP) is 5.26. The van der Waals surface area contributed by atoms with Gasteiger partial charge in [-0.3, -0.25) is 14.9 Å². The second-order valence-corrected chi connectivity index (χ2v) is 8.26. The molecule has 32 heavy (non-hydrogen) atoms. The van der Waals surface area contributed by atoms with Gasteiger partial charge < -0.3 is 9.47 Å². The third-order valence-corrected chi connectivity index (χ3v) is 5.77. The second kappa shape index (κ2) is 10.2. The third-order valence-electron chi connectivity index (χ3n) is 4.59. The van der Waals surface area contributed by atoms with Gasteiger partial charge in [0.2, 0.25) is 0 Å². The monoisotopic (exact) mass is 520 g/mol. The predicted molar refractivity (Wildman–Crippen MR) is 126 cm³/mol. The molecule has 168 valence electrons. The van der Waals surface area contributed by atoms with Gasteiger partial charge in [-0.05, 0) is 67.8 Å². The number of carbonyl (C=O) groups excluding carboxylic acids is 3. The lowest BCUT2D eigenvalue weighted by atomic mass is 10.1. The van der Waals surface area contributed by atoms with Crippen molar-refractivity contribution in [1.82, 2.24) is 5.32 Å². The van der Waals surface area contributed by atoms with Gasteiger partial charge in [0.15, 0.2) is 11.5 Å². The molecule has 2 aromatic carbocycles. The van der Waals surface area contributed by atoms with E-state index in [9.17, 15) is 14.4 Å². The van der Waals surface area contributed by atoms with E-state index >= 15 is 0 Å². The number of anilines is 1. The number of aryl methyl sites for hydroxylation is 1. The first-order valence-corrected chi connectivity index (χ1v) is 11.2. The van der Waals surface area contributed by atoms with Gasteiger partial charge in [0.1, 0.15) is 5.57 Å². The first-order valence-electron chi connectivity index (χ1n) is 10.0. The maximum atomic E-state index is 13.1. The Morgan fingerprint density at radius 2 is 1.88 bits per heavy atom. The Hall–Kier alpha value is -2.84. The SMILES string of the molecule is CCCOc1c(Cl)cc(/C=C2/C(=O)NC(=O)N(c3ccc(Br)c(C)c3)C2=O)cc1OCC. The zero-order chi connectivity index (χ0) is 23.4. The highest BCUT2D eigenvalue weighted by molar-refractivity contribution is 9.10. The van der Waals surface area contributed by atoms with Crippen molar-refractivity contribution in [3.8, 4) is 11.5 Å². The van der Waals surface area contributed by atoms with E-state index in [4.69, 9.17) is 21.1 Å². The summed E-state index contributed by atoms with van der Waals surface area (Å²) < 4.78 is 12.2. The van der Waals surface area contributed by atoms with Crippen LogP contribution in [-0.4, -0.2) is 31.1 Å². The van der Waals surface area contributed by atoms with Crippen molar-refractivity contribution in [1.29, 1.82) is 0 Å². The number of amides is 4. The van der Waals surface area contributed by atoms with E-state index < -0.39 is 17.8 Å². The Morgan fingerprint density at radius 1 is 1.12 bits per heavy atom. The van der Waals surface area contributed by atoms with Crippen LogP contribution in [0.1, 0.15) is 31.4 Å². The maximum absolute atomic E-state index is 13.1. The highest BCUT2D eigenvalue weighted by atomic mass is 79.9. The summed E-state index contributed by atoms with van der Waals surface area (Å²) in [5.41, 5.74) is 1.44. The van der Waals surface area contributed by atoms with Crippen molar-refractivity contribution in [2.24, 2.45) is 0 Å². The lowest BCUT2D eigenvalue weighted by Crippen LogP contribution is -2.54. The fourth-order valence-electron chi connectivity index (χ4n) is 3.10. The van der Waals surface area contributed by atoms with Gasteiger partial charge in [0.25, 0.3) is 11.8 Å². The molecular formula is C23H22BrClN2O5. The molecule has 0 aliphatic carbocycles. The number of ether oxygens (including phenoxy) is 2. The van der Waals surface area contributed by atoms with Gasteiger partial charge in [-0.1, -0.05) is 34.5 Å². The van der Waals surface area contributed by atoms with Gasteiger partial charge in [-0.25, -0.2) is 9.69 Å². The number of barbiturate groups is 1. The summed E-state index contributed by atoms with van der Waals surface area (Å²) in [6.07, 6.45) is 2.17. The van der Waals surface area contributed by atoms with Crippen LogP contribution in [0.3, 0.4) is 0 Å². The number of urea groups is 1. The summed E-state index contributed by atoms with van der Waals surface area (Å²) in [6.45, 7) is 6.47. The van der Waals surface area contributed by atoms with Crippen molar-refractivity contribution in [2.75, 3.05) is 18.1 Å². The topological polar surface area (TPSA) is 84.9 Å². The molecule has 9 heteroatoms. The van der Waals surface area contributed by atoms with Crippen LogP contribution in [0.5, 0.6) is 11.5 Å². The van der Waals surface area contributed by atoms with Crippen LogP contribution in [0.4, 0.5) is 10.5 Å². The molecule has 0 radical (unpaired) electrons. The fraction of sp³-hybridized carbons (Fsp3) is 0.261. The quantitative estimate of drug-likeness (QED) is 0.397. The number of rotatable bonds is 7. The standard InChI is InChI=1S/C23H22BrClN2O5/c1-4-8-32-20-18(25)11-14(12-19(20)31-5-2)10-16-21(28)26-23(30)27(22(16)29)15-6-7-17(24)13(3)9-15/h6-7,9-12H,4-5,8H2,1-3H3,(H,26,28,30)/b16-10-. The summed E-state index contributed by atoms with van der Waals surface area (Å²) in [5.74, 6) is -0.717. The van der Waals surface area contributed by atoms with Crippen molar-refractivity contribution < 1.29 is 23.9 Å². The van der Waals surface area contributed by atoms with Gasteiger partial charge in [0, 0.05) is 4.47 Å². The summed E-state index contributed by atoms with van der Waals surface area (Å²) >= 11 is 9.78. The fourth-order valence-corrected chi connectivity index (χ4v) is 3.63. The van der Waals surface area contributed by atoms with Gasteiger partial charge in [-0.2, -0.15) is 0 Å². The molecule has 1 aliphatic rings. The number of carbonyl (C=O) groups is 3. The first kappa shape index (κ1) is 23.8. The molecule has 1 heterocycles. The van der Waals surface area contributed by atoms with Gasteiger partial charge >= 0.3 is 6.03 Å². The third kappa shape index (κ3) is 4.97. The minimum absolute atomic E-state index is 0.203. The summed E-state index contributed by atoms with van der Waals surface area (Å²) in [4.78, 5) is 39.0. The number of nitrogens with zero attached hydrogens (tertiary/aromatic N) is 1. The van der Waals surface area contributed by atoms with Crippen molar-refractivity contribution in [3.05, 3.63) is 56.5 Å². The molecule has 0 unspecified atom stereocenters. The number of imide groups is 2. The number of hydrogen-bond acceptors (Lipinski definition) is 5. The molecule has 1 saturated heterocycles. The molecule has 0 saturated carbocycles. The minimum atomic E-state index is -0.810. The maximum Gasteiger partial charge on any atom is 0.335 e. The second-order valence-electron chi connectivity index (χ2n) is 7.00. The lowest BCUT2D eigenvalue weighted by Gasteiger charge is -2.26. The highest BCUT2D eigenvalue weighted by Gasteiger charge is 2.37. The molecule has 4 amide bonds. The summed E-state index contributed by atoms with van der Waals surface area (Å²) in [5, 5.41) is 2.50. The Morgan fingerprint density at radius 3 is 2.53 bits per heavy atom. The number of hydrogen-bond donors (Lipinski definition) is 1. The number of halogens is 2. The first-order chi connectivity index (χ1) is 15.3. The van der Waals surface area contributed by atoms with E-state index in [2.05, 4.69) is 21.2 Å². The molecule has 1 fully saturated rings. The molecule has 1 N–H and O–H groups in total. The number of benzene rings is 2. The average molecular weight is 522 g/mol. The van der Waals surface area contributed by atoms with E-state index in [1.807, 2.05) is 20.8 Å². The van der Waals surface area contributed by atoms with Crippen LogP contribution < -0.4 is 19.7 Å². The Balaban J connectivity index is 2.02. The molecule has 3 rings (SSSR count). The molecule has 0 spiro atoms. The van der Waals surface area contributed by atoms with Crippen LogP contribution in [0.25, 0.3) is 6.08 Å². The zero-order valence-electron chi connectivity index (χ0n) is 17.8. The van der Waals surface area contributed by atoms with E-state index in [1.165, 1.54) is 6.08 Å². The molecule has 0 aromatic heterocycles. The van der Waals surface area contributed by atoms with Crippen molar-refractivity contribution in [2.45, 2.75) is 27.2 Å². The summed E-state index contributed by atoms with van der Waals surface area (Å²) in [7, 11) is 0. The highest BCUT2D eigenvalue weighted by Crippen LogP contribution is 2.37. The summed E-state index contributed by atoms with van der Waals surface area (Å²) in [6, 6.07) is 7.43. The molecule has 0 atom stereocenters. The van der Waals surface area contributed by atoms with E-state index in [0.717, 1.165) is 21.4 Å². The largest absolute Gasteiger partial charge is 0.490 e. The van der Waals surface area contributed by atoms with Crippen LogP contribution >= 0.6 is 27.5 Å². The van der Waals surface area contributed by atoms with Crippen molar-refractivity contribution in [3.63, 3.8) is 0 Å². The zero-order valence-corrected chi connectivity index (χ0v) is 20.2. The van der Waals surface area contributed by atoms with E-state index in [-0.39, 0.29) is 10.6 Å². The Bertz CT molecular complexity index is 1120. The minimum Gasteiger partial charge on any atom is -0.490 e. The lowest BCUT2D eigenvalue weighted by molar-refractivity contribution is -0.122. The molecule has 1 aliphatic heterocycles. The van der Waals surface area contributed by atoms with E-state index in [1.54, 1.807) is 30.3 Å². The van der Waals surface area contributed by atoms with Crippen LogP contribution in [0.15, 0.2) is 40.4 Å². The molecule has 2 aromatic rings. The number of nitrogens with one attached hydrogen (secondary N) is 1. The van der Waals surface area contributed by atoms with E-state index in [0.29, 0.717) is 36.0 Å². The Kier molecular flexibility index (Phi) is 7.58. The van der Waals surface area contributed by atoms with Gasteiger partial charge in [0.05, 0.1) is 23.9 Å². The van der Waals surface area contributed by atoms with Crippen LogP contribution in [-0.2, 0) is 9.59 Å². The molecule has 0 bridgehead atoms. The van der Waals surface area contributed by atoms with Crippen LogP contribution in [0, 0.1) is 6.92 Å². The normalized spacial score (nSPS) is 15.2.